The predicted octanol–water partition coefficient (Wildman–Crippen LogP) is 1.04. The molecule has 2 aliphatic heterocycles. The summed E-state index contributed by atoms with van der Waals surface area (Å²) in [4.78, 5) is 27.2. The number of amidine groups is 1. The highest BCUT2D eigenvalue weighted by Crippen LogP contribution is 2.25. The number of amides is 2. The van der Waals surface area contributed by atoms with E-state index in [2.05, 4.69) is 29.5 Å². The average molecular weight is 269 g/mol. The lowest BCUT2D eigenvalue weighted by molar-refractivity contribution is -0.133. The Morgan fingerprint density at radius 3 is 2.94 bits per heavy atom. The van der Waals surface area contributed by atoms with Gasteiger partial charge in [-0.15, -0.1) is 0 Å². The van der Waals surface area contributed by atoms with Crippen LogP contribution in [0.15, 0.2) is 4.99 Å². The van der Waals surface area contributed by atoms with Gasteiger partial charge in [0.2, 0.25) is 5.91 Å². The second kappa shape index (κ2) is 5.30. The monoisotopic (exact) mass is 269 g/mol. The van der Waals surface area contributed by atoms with Gasteiger partial charge in [0.05, 0.1) is 0 Å². The fourth-order valence-electron chi connectivity index (χ4n) is 2.01. The Morgan fingerprint density at radius 2 is 2.28 bits per heavy atom. The summed E-state index contributed by atoms with van der Waals surface area (Å²) in [5.41, 5.74) is 0.0745. The number of piperidine rings is 1. The molecule has 18 heavy (non-hydrogen) atoms. The van der Waals surface area contributed by atoms with E-state index in [1.807, 2.05) is 0 Å². The Bertz CT molecular complexity index is 397. The number of nitrogens with zero attached hydrogens (tertiary/aromatic N) is 1. The Hall–Kier alpha value is -1.04. The topological polar surface area (TPSA) is 70.6 Å². The second-order valence-electron chi connectivity index (χ2n) is 5.04. The zero-order valence-electron chi connectivity index (χ0n) is 10.8. The summed E-state index contributed by atoms with van der Waals surface area (Å²) in [6, 6.07) is -0.420. The maximum Gasteiger partial charge on any atom is 0.251 e. The van der Waals surface area contributed by atoms with Crippen LogP contribution in [0, 0.1) is 0 Å². The molecule has 0 saturated carbocycles. The van der Waals surface area contributed by atoms with E-state index in [0.29, 0.717) is 12.8 Å². The molecule has 100 valence electrons. The Labute approximate surface area is 111 Å². The molecule has 2 unspecified atom stereocenters. The molecule has 2 rings (SSSR count). The zero-order chi connectivity index (χ0) is 13.2. The molecule has 0 aliphatic carbocycles. The summed E-state index contributed by atoms with van der Waals surface area (Å²) in [6.45, 7) is 4.32. The zero-order valence-corrected chi connectivity index (χ0v) is 11.6. The quantitative estimate of drug-likeness (QED) is 0.735. The van der Waals surface area contributed by atoms with Crippen LogP contribution >= 0.6 is 11.8 Å². The van der Waals surface area contributed by atoms with Gasteiger partial charge in [0.15, 0.2) is 5.17 Å². The van der Waals surface area contributed by atoms with E-state index in [1.54, 1.807) is 11.8 Å². The van der Waals surface area contributed by atoms with Gasteiger partial charge in [-0.05, 0) is 26.2 Å². The average Bonchev–Trinajstić information content (AvgIpc) is 2.33. The van der Waals surface area contributed by atoms with E-state index in [0.717, 1.165) is 23.8 Å². The second-order valence-corrected chi connectivity index (χ2v) is 6.12. The van der Waals surface area contributed by atoms with Crippen LogP contribution in [-0.4, -0.2) is 34.3 Å². The lowest BCUT2D eigenvalue weighted by Crippen LogP contribution is -2.49. The Morgan fingerprint density at radius 1 is 1.50 bits per heavy atom. The van der Waals surface area contributed by atoms with Crippen molar-refractivity contribution in [3.05, 3.63) is 0 Å². The first-order chi connectivity index (χ1) is 8.52. The number of nitrogens with one attached hydrogen (secondary N) is 2. The van der Waals surface area contributed by atoms with Gasteiger partial charge >= 0.3 is 0 Å². The summed E-state index contributed by atoms with van der Waals surface area (Å²) >= 11 is 1.65. The van der Waals surface area contributed by atoms with Gasteiger partial charge in [-0.25, -0.2) is 4.99 Å². The normalized spacial score (nSPS) is 35.2. The molecule has 0 aromatic heterocycles. The van der Waals surface area contributed by atoms with Crippen LogP contribution in [0.5, 0.6) is 0 Å². The summed E-state index contributed by atoms with van der Waals surface area (Å²) in [7, 11) is 0. The fraction of sp³-hybridized carbons (Fsp3) is 0.750. The first-order valence-electron chi connectivity index (χ1n) is 6.35. The molecule has 0 aromatic carbocycles. The summed E-state index contributed by atoms with van der Waals surface area (Å²) in [5, 5.41) is 6.57. The van der Waals surface area contributed by atoms with Crippen molar-refractivity contribution in [3.63, 3.8) is 0 Å². The number of aliphatic imine (C=N–C) groups is 1. The molecule has 5 nitrogen and oxygen atoms in total. The minimum absolute atomic E-state index is 0.0745. The molecule has 6 heteroatoms. The predicted molar refractivity (Wildman–Crippen MR) is 72.5 cm³/mol. The van der Waals surface area contributed by atoms with E-state index in [-0.39, 0.29) is 17.4 Å². The number of hydrogen-bond acceptors (Lipinski definition) is 4. The van der Waals surface area contributed by atoms with Crippen LogP contribution in [0.2, 0.25) is 0 Å². The third-order valence-electron chi connectivity index (χ3n) is 3.56. The van der Waals surface area contributed by atoms with Crippen LogP contribution in [-0.2, 0) is 9.59 Å². The van der Waals surface area contributed by atoms with Crippen LogP contribution in [0.3, 0.4) is 0 Å². The molecule has 2 saturated heterocycles. The van der Waals surface area contributed by atoms with Crippen LogP contribution < -0.4 is 10.6 Å². The molecular weight excluding hydrogens is 250 g/mol. The van der Waals surface area contributed by atoms with Crippen molar-refractivity contribution in [1.29, 1.82) is 0 Å². The molecule has 2 atom stereocenters. The minimum atomic E-state index is -0.420. The van der Waals surface area contributed by atoms with Crippen molar-refractivity contribution in [2.45, 2.75) is 51.1 Å². The van der Waals surface area contributed by atoms with E-state index in [4.69, 9.17) is 0 Å². The van der Waals surface area contributed by atoms with Gasteiger partial charge in [-0.3, -0.25) is 14.9 Å². The smallest absolute Gasteiger partial charge is 0.251 e. The molecule has 0 aromatic rings. The van der Waals surface area contributed by atoms with Crippen molar-refractivity contribution in [2.75, 3.05) is 5.75 Å². The Balaban J connectivity index is 2.04. The standard InChI is InChI=1S/C12H19N3O2S/c1-3-12(2)6-7-18-11(15-12)13-8-4-5-9(16)14-10(8)17/h8H,3-7H2,1-2H3,(H,13,15)(H,14,16,17). The SMILES string of the molecule is CCC1(C)CCSC(=NC2CCC(=O)NC2=O)N1. The number of imide groups is 1. The third kappa shape index (κ3) is 3.04. The summed E-state index contributed by atoms with van der Waals surface area (Å²) in [5.74, 6) is 0.549. The molecule has 2 aliphatic rings. The van der Waals surface area contributed by atoms with Gasteiger partial charge in [0.25, 0.3) is 5.91 Å². The van der Waals surface area contributed by atoms with Crippen molar-refractivity contribution in [3.8, 4) is 0 Å². The van der Waals surface area contributed by atoms with Gasteiger partial charge in [0.1, 0.15) is 6.04 Å². The molecule has 2 amide bonds. The number of thioether (sulfide) groups is 1. The van der Waals surface area contributed by atoms with Crippen molar-refractivity contribution < 1.29 is 9.59 Å². The first kappa shape index (κ1) is 13.4. The molecule has 0 spiro atoms. The van der Waals surface area contributed by atoms with Gasteiger partial charge in [0, 0.05) is 17.7 Å². The van der Waals surface area contributed by atoms with Gasteiger partial charge in [-0.1, -0.05) is 18.7 Å². The lowest BCUT2D eigenvalue weighted by atomic mass is 9.96. The van der Waals surface area contributed by atoms with E-state index < -0.39 is 6.04 Å². The van der Waals surface area contributed by atoms with Gasteiger partial charge in [-0.2, -0.15) is 0 Å². The largest absolute Gasteiger partial charge is 0.360 e. The number of carbonyl (C=O) groups is 2. The van der Waals surface area contributed by atoms with E-state index >= 15 is 0 Å². The maximum atomic E-state index is 11.6. The number of carbonyl (C=O) groups excluding carboxylic acids is 2. The Kier molecular flexibility index (Phi) is 3.94. The fourth-order valence-corrected chi connectivity index (χ4v) is 3.28. The van der Waals surface area contributed by atoms with Crippen molar-refractivity contribution >= 4 is 28.7 Å². The molecule has 0 radical (unpaired) electrons. The maximum absolute atomic E-state index is 11.6. The highest BCUT2D eigenvalue weighted by atomic mass is 32.2. The molecule has 2 heterocycles. The van der Waals surface area contributed by atoms with E-state index in [1.165, 1.54) is 0 Å². The number of hydrogen-bond donors (Lipinski definition) is 2. The summed E-state index contributed by atoms with van der Waals surface area (Å²) < 4.78 is 0. The molecular formula is C12H19N3O2S. The van der Waals surface area contributed by atoms with Crippen molar-refractivity contribution in [1.82, 2.24) is 10.6 Å². The molecule has 2 fully saturated rings. The highest BCUT2D eigenvalue weighted by molar-refractivity contribution is 8.13. The van der Waals surface area contributed by atoms with Crippen molar-refractivity contribution in [2.24, 2.45) is 4.99 Å². The number of rotatable bonds is 2. The van der Waals surface area contributed by atoms with Gasteiger partial charge < -0.3 is 5.32 Å². The lowest BCUT2D eigenvalue weighted by Gasteiger charge is -2.35. The van der Waals surface area contributed by atoms with Crippen LogP contribution in [0.25, 0.3) is 0 Å². The van der Waals surface area contributed by atoms with Crippen LogP contribution in [0.1, 0.15) is 39.5 Å². The van der Waals surface area contributed by atoms with Crippen LogP contribution in [0.4, 0.5) is 0 Å². The summed E-state index contributed by atoms with van der Waals surface area (Å²) in [6.07, 6.45) is 3.02. The first-order valence-corrected chi connectivity index (χ1v) is 7.33. The molecule has 2 N–H and O–H groups in total. The minimum Gasteiger partial charge on any atom is -0.360 e. The van der Waals surface area contributed by atoms with E-state index in [9.17, 15) is 9.59 Å². The highest BCUT2D eigenvalue weighted by Gasteiger charge is 2.30. The third-order valence-corrected chi connectivity index (χ3v) is 4.45. The molecule has 0 bridgehead atoms.